The van der Waals surface area contributed by atoms with Gasteiger partial charge in [-0.3, -0.25) is 0 Å². The number of hydrogen-bond donors (Lipinski definition) is 1. The molecule has 1 aliphatic carbocycles. The quantitative estimate of drug-likeness (QED) is 0.791. The maximum atomic E-state index is 4.19. The van der Waals surface area contributed by atoms with E-state index >= 15 is 0 Å². The Balaban J connectivity index is 1.82. The van der Waals surface area contributed by atoms with Gasteiger partial charge in [-0.2, -0.15) is 0 Å². The SMILES string of the molecule is CC1CCCC1NCc1ccncn1. The third kappa shape index (κ3) is 2.29. The predicted molar refractivity (Wildman–Crippen MR) is 55.7 cm³/mol. The smallest absolute Gasteiger partial charge is 0.115 e. The summed E-state index contributed by atoms with van der Waals surface area (Å²) in [6.07, 6.45) is 7.44. The molecule has 2 rings (SSSR count). The molecular weight excluding hydrogens is 174 g/mol. The van der Waals surface area contributed by atoms with E-state index in [-0.39, 0.29) is 0 Å². The van der Waals surface area contributed by atoms with Crippen molar-refractivity contribution in [2.24, 2.45) is 5.92 Å². The molecule has 3 heteroatoms. The van der Waals surface area contributed by atoms with Crippen LogP contribution in [0.5, 0.6) is 0 Å². The Bertz CT molecular complexity index is 273. The molecule has 0 radical (unpaired) electrons. The van der Waals surface area contributed by atoms with E-state index in [0.29, 0.717) is 6.04 Å². The van der Waals surface area contributed by atoms with Crippen LogP contribution in [0.15, 0.2) is 18.6 Å². The molecule has 2 atom stereocenters. The fourth-order valence-electron chi connectivity index (χ4n) is 2.11. The first-order valence-electron chi connectivity index (χ1n) is 5.34. The van der Waals surface area contributed by atoms with Gasteiger partial charge >= 0.3 is 0 Å². The van der Waals surface area contributed by atoms with Crippen LogP contribution in [0.4, 0.5) is 0 Å². The van der Waals surface area contributed by atoms with Gasteiger partial charge in [0, 0.05) is 18.8 Å². The maximum absolute atomic E-state index is 4.19. The van der Waals surface area contributed by atoms with Crippen LogP contribution in [0.3, 0.4) is 0 Å². The fourth-order valence-corrected chi connectivity index (χ4v) is 2.11. The van der Waals surface area contributed by atoms with E-state index in [0.717, 1.165) is 18.2 Å². The van der Waals surface area contributed by atoms with Crippen LogP contribution in [0.25, 0.3) is 0 Å². The van der Waals surface area contributed by atoms with Gasteiger partial charge in [0.2, 0.25) is 0 Å². The van der Waals surface area contributed by atoms with Crippen LogP contribution in [0.1, 0.15) is 31.9 Å². The second-order valence-corrected chi connectivity index (χ2v) is 4.10. The molecule has 76 valence electrons. The molecule has 3 nitrogen and oxygen atoms in total. The second kappa shape index (κ2) is 4.51. The molecule has 14 heavy (non-hydrogen) atoms. The number of nitrogens with zero attached hydrogens (tertiary/aromatic N) is 2. The highest BCUT2D eigenvalue weighted by Crippen LogP contribution is 2.24. The molecule has 1 heterocycles. The van der Waals surface area contributed by atoms with Gasteiger partial charge in [-0.1, -0.05) is 13.3 Å². The largest absolute Gasteiger partial charge is 0.308 e. The molecule has 0 aromatic carbocycles. The average Bonchev–Trinajstić information content (AvgIpc) is 2.63. The molecule has 1 N–H and O–H groups in total. The summed E-state index contributed by atoms with van der Waals surface area (Å²) in [5.41, 5.74) is 1.08. The van der Waals surface area contributed by atoms with Crippen molar-refractivity contribution in [3.05, 3.63) is 24.3 Å². The normalized spacial score (nSPS) is 26.6. The molecule has 0 bridgehead atoms. The molecule has 0 saturated heterocycles. The van der Waals surface area contributed by atoms with E-state index < -0.39 is 0 Å². The first kappa shape index (κ1) is 9.59. The number of hydrogen-bond acceptors (Lipinski definition) is 3. The summed E-state index contributed by atoms with van der Waals surface area (Å²) >= 11 is 0. The highest BCUT2D eigenvalue weighted by atomic mass is 14.9. The Morgan fingerprint density at radius 2 is 2.43 bits per heavy atom. The van der Waals surface area contributed by atoms with Crippen LogP contribution >= 0.6 is 0 Å². The minimum atomic E-state index is 0.685. The van der Waals surface area contributed by atoms with Crippen molar-refractivity contribution in [1.82, 2.24) is 15.3 Å². The molecule has 0 aliphatic heterocycles. The van der Waals surface area contributed by atoms with Crippen LogP contribution in [0.2, 0.25) is 0 Å². The van der Waals surface area contributed by atoms with Crippen molar-refractivity contribution in [2.45, 2.75) is 38.8 Å². The number of nitrogens with one attached hydrogen (secondary N) is 1. The van der Waals surface area contributed by atoms with Crippen LogP contribution in [-0.4, -0.2) is 16.0 Å². The summed E-state index contributed by atoms with van der Waals surface area (Å²) in [5, 5.41) is 3.56. The number of aromatic nitrogens is 2. The standard InChI is InChI=1S/C11H17N3/c1-9-3-2-4-11(9)13-7-10-5-6-12-8-14-10/h5-6,8-9,11,13H,2-4,7H2,1H3. The van der Waals surface area contributed by atoms with Gasteiger partial charge in [-0.15, -0.1) is 0 Å². The summed E-state index contributed by atoms with van der Waals surface area (Å²) in [4.78, 5) is 8.09. The van der Waals surface area contributed by atoms with E-state index in [1.54, 1.807) is 12.5 Å². The molecule has 1 fully saturated rings. The minimum absolute atomic E-state index is 0.685. The summed E-state index contributed by atoms with van der Waals surface area (Å²) < 4.78 is 0. The van der Waals surface area contributed by atoms with Gasteiger partial charge in [0.15, 0.2) is 0 Å². The van der Waals surface area contributed by atoms with Gasteiger partial charge in [-0.25, -0.2) is 9.97 Å². The molecule has 1 aromatic heterocycles. The zero-order chi connectivity index (χ0) is 9.80. The monoisotopic (exact) mass is 191 g/mol. The maximum Gasteiger partial charge on any atom is 0.115 e. The van der Waals surface area contributed by atoms with Crippen LogP contribution < -0.4 is 5.32 Å². The molecule has 1 aromatic rings. The molecular formula is C11H17N3. The van der Waals surface area contributed by atoms with Crippen molar-refractivity contribution >= 4 is 0 Å². The van der Waals surface area contributed by atoms with E-state index in [1.807, 2.05) is 6.07 Å². The Morgan fingerprint density at radius 3 is 3.07 bits per heavy atom. The van der Waals surface area contributed by atoms with Crippen molar-refractivity contribution < 1.29 is 0 Å². The first-order chi connectivity index (χ1) is 6.86. The Kier molecular flexibility index (Phi) is 3.09. The van der Waals surface area contributed by atoms with Gasteiger partial charge in [-0.05, 0) is 24.8 Å². The summed E-state index contributed by atoms with van der Waals surface area (Å²) in [5.74, 6) is 0.817. The lowest BCUT2D eigenvalue weighted by molar-refractivity contribution is 0.423. The second-order valence-electron chi connectivity index (χ2n) is 4.10. The summed E-state index contributed by atoms with van der Waals surface area (Å²) in [7, 11) is 0. The lowest BCUT2D eigenvalue weighted by Gasteiger charge is -2.16. The van der Waals surface area contributed by atoms with Crippen molar-refractivity contribution in [3.8, 4) is 0 Å². The Hall–Kier alpha value is -0.960. The molecule has 1 aliphatic rings. The van der Waals surface area contributed by atoms with Crippen molar-refractivity contribution in [1.29, 1.82) is 0 Å². The average molecular weight is 191 g/mol. The summed E-state index contributed by atoms with van der Waals surface area (Å²) in [6.45, 7) is 3.20. The minimum Gasteiger partial charge on any atom is -0.308 e. The highest BCUT2D eigenvalue weighted by Gasteiger charge is 2.22. The molecule has 2 unspecified atom stereocenters. The first-order valence-corrected chi connectivity index (χ1v) is 5.34. The van der Waals surface area contributed by atoms with E-state index in [9.17, 15) is 0 Å². The van der Waals surface area contributed by atoms with E-state index in [1.165, 1.54) is 19.3 Å². The zero-order valence-electron chi connectivity index (χ0n) is 8.61. The van der Waals surface area contributed by atoms with E-state index in [4.69, 9.17) is 0 Å². The molecule has 1 saturated carbocycles. The van der Waals surface area contributed by atoms with Crippen molar-refractivity contribution in [3.63, 3.8) is 0 Å². The van der Waals surface area contributed by atoms with Gasteiger partial charge in [0.1, 0.15) is 6.33 Å². The molecule has 0 spiro atoms. The van der Waals surface area contributed by atoms with Gasteiger partial charge in [0.25, 0.3) is 0 Å². The Labute approximate surface area is 85.0 Å². The lowest BCUT2D eigenvalue weighted by Crippen LogP contribution is -2.30. The topological polar surface area (TPSA) is 37.8 Å². The van der Waals surface area contributed by atoms with Crippen LogP contribution in [0, 0.1) is 5.92 Å². The van der Waals surface area contributed by atoms with Crippen molar-refractivity contribution in [2.75, 3.05) is 0 Å². The lowest BCUT2D eigenvalue weighted by atomic mass is 10.1. The Morgan fingerprint density at radius 1 is 1.50 bits per heavy atom. The number of rotatable bonds is 3. The van der Waals surface area contributed by atoms with Gasteiger partial charge < -0.3 is 5.32 Å². The fraction of sp³-hybridized carbons (Fsp3) is 0.636. The highest BCUT2D eigenvalue weighted by molar-refractivity contribution is 4.97. The van der Waals surface area contributed by atoms with Gasteiger partial charge in [0.05, 0.1) is 5.69 Å². The van der Waals surface area contributed by atoms with E-state index in [2.05, 4.69) is 22.2 Å². The third-order valence-corrected chi connectivity index (χ3v) is 3.05. The predicted octanol–water partition coefficient (Wildman–Crippen LogP) is 1.75. The summed E-state index contributed by atoms with van der Waals surface area (Å²) in [6, 6.07) is 2.65. The van der Waals surface area contributed by atoms with Crippen LogP contribution in [-0.2, 0) is 6.54 Å². The third-order valence-electron chi connectivity index (χ3n) is 3.05. The molecule has 0 amide bonds. The zero-order valence-corrected chi connectivity index (χ0v) is 8.61.